The number of aliphatic hydroxyl groups is 1. The van der Waals surface area contributed by atoms with Crippen molar-refractivity contribution in [1.29, 1.82) is 0 Å². The summed E-state index contributed by atoms with van der Waals surface area (Å²) in [5.41, 5.74) is -2.46. The summed E-state index contributed by atoms with van der Waals surface area (Å²) in [4.78, 5) is 35.8. The van der Waals surface area contributed by atoms with E-state index in [0.29, 0.717) is 0 Å². The highest BCUT2D eigenvalue weighted by molar-refractivity contribution is 5.91. The zero-order valence-corrected chi connectivity index (χ0v) is 15.9. The van der Waals surface area contributed by atoms with Crippen LogP contribution in [-0.4, -0.2) is 46.1 Å². The van der Waals surface area contributed by atoms with Crippen LogP contribution in [-0.2, 0) is 28.8 Å². The fraction of sp³-hybridized carbons (Fsp3) is 0.600. The smallest absolute Gasteiger partial charge is 0.334 e. The Morgan fingerprint density at radius 2 is 2.04 bits per heavy atom. The van der Waals surface area contributed by atoms with Crippen LogP contribution in [0.5, 0.6) is 0 Å². The van der Waals surface area contributed by atoms with Crippen molar-refractivity contribution < 1.29 is 33.9 Å². The lowest BCUT2D eigenvalue weighted by Gasteiger charge is -2.40. The Hall–Kier alpha value is -1.96. The third-order valence-corrected chi connectivity index (χ3v) is 6.21. The lowest BCUT2D eigenvalue weighted by molar-refractivity contribution is -0.361. The molecule has 0 aromatic heterocycles. The second-order valence-electron chi connectivity index (χ2n) is 8.55. The predicted molar refractivity (Wildman–Crippen MR) is 93.0 cm³/mol. The summed E-state index contributed by atoms with van der Waals surface area (Å²) < 4.78 is 11.3. The summed E-state index contributed by atoms with van der Waals surface area (Å²) in [6, 6.07) is 0. The van der Waals surface area contributed by atoms with Crippen molar-refractivity contribution in [2.45, 2.75) is 63.1 Å². The number of carbonyl (C=O) groups is 2. The van der Waals surface area contributed by atoms with E-state index >= 15 is 0 Å². The average Bonchev–Trinajstić information content (AvgIpc) is 3.09. The van der Waals surface area contributed by atoms with Crippen molar-refractivity contribution in [2.24, 2.45) is 11.8 Å². The zero-order valence-electron chi connectivity index (χ0n) is 15.9. The van der Waals surface area contributed by atoms with Gasteiger partial charge in [-0.1, -0.05) is 18.2 Å². The summed E-state index contributed by atoms with van der Waals surface area (Å²) in [5, 5.41) is 11.4. The van der Waals surface area contributed by atoms with Crippen LogP contribution in [0.25, 0.3) is 0 Å². The van der Waals surface area contributed by atoms with E-state index in [1.165, 1.54) is 6.08 Å². The minimum Gasteiger partial charge on any atom is -0.458 e. The van der Waals surface area contributed by atoms with Crippen LogP contribution in [0.4, 0.5) is 0 Å². The second kappa shape index (κ2) is 5.53. The maximum absolute atomic E-state index is 12.3. The minimum atomic E-state index is -1.42. The van der Waals surface area contributed by atoms with Gasteiger partial charge in [-0.2, -0.15) is 0 Å². The maximum atomic E-state index is 12.3. The molecule has 146 valence electrons. The Morgan fingerprint density at radius 3 is 2.63 bits per heavy atom. The van der Waals surface area contributed by atoms with Gasteiger partial charge in [0.05, 0.1) is 11.8 Å². The molecule has 2 bridgehead atoms. The lowest BCUT2D eigenvalue weighted by Crippen LogP contribution is -2.56. The predicted octanol–water partition coefficient (Wildman–Crippen LogP) is 1.76. The van der Waals surface area contributed by atoms with Gasteiger partial charge in [-0.15, -0.1) is 0 Å². The summed E-state index contributed by atoms with van der Waals surface area (Å²) in [6.07, 6.45) is 3.55. The molecule has 1 N–H and O–H groups in total. The van der Waals surface area contributed by atoms with E-state index in [9.17, 15) is 14.7 Å². The molecule has 7 nitrogen and oxygen atoms in total. The molecule has 4 rings (SSSR count). The van der Waals surface area contributed by atoms with Crippen molar-refractivity contribution in [2.75, 3.05) is 0 Å². The number of esters is 2. The maximum Gasteiger partial charge on any atom is 0.334 e. The van der Waals surface area contributed by atoms with Crippen LogP contribution in [0, 0.1) is 11.8 Å². The second-order valence-corrected chi connectivity index (χ2v) is 8.55. The van der Waals surface area contributed by atoms with E-state index in [2.05, 4.69) is 6.58 Å². The van der Waals surface area contributed by atoms with Gasteiger partial charge >= 0.3 is 11.9 Å². The highest BCUT2D eigenvalue weighted by Crippen LogP contribution is 2.61. The number of hydrogen-bond acceptors (Lipinski definition) is 7. The van der Waals surface area contributed by atoms with Crippen molar-refractivity contribution >= 4 is 11.9 Å². The molecule has 2 saturated heterocycles. The van der Waals surface area contributed by atoms with Gasteiger partial charge in [0.25, 0.3) is 0 Å². The number of rotatable bonds is 2. The molecule has 2 heterocycles. The van der Waals surface area contributed by atoms with Gasteiger partial charge in [-0.3, -0.25) is 0 Å². The number of fused-ring (bicyclic) bond motifs is 1. The first-order chi connectivity index (χ1) is 12.5. The Bertz CT molecular complexity index is 790. The molecule has 3 fully saturated rings. The topological polar surface area (TPSA) is 91.3 Å². The third kappa shape index (κ3) is 2.38. The molecule has 0 radical (unpaired) electrons. The van der Waals surface area contributed by atoms with Gasteiger partial charge in [0.15, 0.2) is 5.60 Å². The normalized spacial score (nSPS) is 47.1. The molecular formula is C20H24O7. The Kier molecular flexibility index (Phi) is 3.77. The molecule has 0 unspecified atom stereocenters. The largest absolute Gasteiger partial charge is 0.458 e. The van der Waals surface area contributed by atoms with Crippen LogP contribution in [0.2, 0.25) is 0 Å². The van der Waals surface area contributed by atoms with Crippen molar-refractivity contribution in [3.8, 4) is 0 Å². The Labute approximate surface area is 157 Å². The van der Waals surface area contributed by atoms with E-state index in [0.717, 1.165) is 5.57 Å². The van der Waals surface area contributed by atoms with Crippen molar-refractivity contribution in [3.63, 3.8) is 0 Å². The standard InChI is InChI=1S/C20H24O7/c1-10(2)8-13(21)24-12-9-19(5,23)20-7-6-18(4,26-27-20)16(20)15-14(12)11(3)17(22)25-15/h6-8,12,14-16,23H,3,9H2,1-2,4-5H3/t12-,14-,15-,16-,18+,19+,20-/m0/s1. The van der Waals surface area contributed by atoms with E-state index in [4.69, 9.17) is 19.2 Å². The Balaban J connectivity index is 1.79. The van der Waals surface area contributed by atoms with Crippen LogP contribution in [0.3, 0.4) is 0 Å². The molecule has 0 aromatic rings. The molecule has 2 aliphatic carbocycles. The van der Waals surface area contributed by atoms with Crippen LogP contribution in [0.15, 0.2) is 36.0 Å². The molecule has 1 saturated carbocycles. The number of hydrogen-bond donors (Lipinski definition) is 1. The minimum absolute atomic E-state index is 0.0481. The van der Waals surface area contributed by atoms with Crippen LogP contribution in [0.1, 0.15) is 34.1 Å². The highest BCUT2D eigenvalue weighted by atomic mass is 17.2. The number of carbonyl (C=O) groups excluding carboxylic acids is 2. The monoisotopic (exact) mass is 376 g/mol. The van der Waals surface area contributed by atoms with Gasteiger partial charge < -0.3 is 14.6 Å². The molecule has 0 aromatic carbocycles. The SMILES string of the molecule is C=C1C(=O)O[C@H]2[C@@H]1[C@@H](OC(=O)C=C(C)C)C[C@@](C)(O)[C@@]13C=C[C@@](C)(OO1)[C@H]23. The fourth-order valence-corrected chi connectivity index (χ4v) is 4.95. The molecule has 0 spiro atoms. The van der Waals surface area contributed by atoms with E-state index in [1.807, 2.05) is 13.0 Å². The Morgan fingerprint density at radius 1 is 1.33 bits per heavy atom. The average molecular weight is 376 g/mol. The quantitative estimate of drug-likeness (QED) is 0.340. The van der Waals surface area contributed by atoms with Crippen molar-refractivity contribution in [1.82, 2.24) is 0 Å². The van der Waals surface area contributed by atoms with E-state index < -0.39 is 52.8 Å². The number of ether oxygens (including phenoxy) is 2. The van der Waals surface area contributed by atoms with Crippen LogP contribution < -0.4 is 0 Å². The molecule has 4 aliphatic rings. The highest BCUT2D eigenvalue weighted by Gasteiger charge is 2.75. The molecule has 2 aliphatic heterocycles. The summed E-state index contributed by atoms with van der Waals surface area (Å²) >= 11 is 0. The van der Waals surface area contributed by atoms with Gasteiger partial charge in [-0.25, -0.2) is 19.4 Å². The van der Waals surface area contributed by atoms with E-state index in [1.54, 1.807) is 26.8 Å². The first kappa shape index (κ1) is 18.4. The summed E-state index contributed by atoms with van der Waals surface area (Å²) in [7, 11) is 0. The van der Waals surface area contributed by atoms with Gasteiger partial charge in [0.1, 0.15) is 23.4 Å². The first-order valence-electron chi connectivity index (χ1n) is 9.06. The van der Waals surface area contributed by atoms with Gasteiger partial charge in [-0.05, 0) is 33.8 Å². The molecule has 27 heavy (non-hydrogen) atoms. The lowest BCUT2D eigenvalue weighted by atomic mass is 9.71. The molecule has 0 amide bonds. The zero-order chi connectivity index (χ0) is 19.8. The summed E-state index contributed by atoms with van der Waals surface area (Å²) in [6.45, 7) is 10.9. The van der Waals surface area contributed by atoms with Crippen LogP contribution >= 0.6 is 0 Å². The molecular weight excluding hydrogens is 352 g/mol. The van der Waals surface area contributed by atoms with Gasteiger partial charge in [0, 0.05) is 18.1 Å². The third-order valence-electron chi connectivity index (χ3n) is 6.21. The number of allylic oxidation sites excluding steroid dienone is 1. The summed E-state index contributed by atoms with van der Waals surface area (Å²) in [5.74, 6) is -2.13. The van der Waals surface area contributed by atoms with Gasteiger partial charge in [0.2, 0.25) is 0 Å². The van der Waals surface area contributed by atoms with Crippen molar-refractivity contribution in [3.05, 3.63) is 36.0 Å². The first-order valence-corrected chi connectivity index (χ1v) is 9.06. The molecule has 7 heteroatoms. The molecule has 7 atom stereocenters. The fourth-order valence-electron chi connectivity index (χ4n) is 4.95. The van der Waals surface area contributed by atoms with E-state index in [-0.39, 0.29) is 12.0 Å².